The van der Waals surface area contributed by atoms with E-state index in [1.54, 1.807) is 11.2 Å². The number of fused-ring (bicyclic) bond motifs is 3. The summed E-state index contributed by atoms with van der Waals surface area (Å²) in [5.74, 6) is -0.0594. The molecule has 1 aliphatic carbocycles. The van der Waals surface area contributed by atoms with Crippen LogP contribution in [0.15, 0.2) is 42.9 Å². The largest absolute Gasteiger partial charge is 0.444 e. The highest BCUT2D eigenvalue weighted by atomic mass is 16.6. The van der Waals surface area contributed by atoms with Gasteiger partial charge < -0.3 is 14.6 Å². The second-order valence-corrected chi connectivity index (χ2v) is 10.7. The summed E-state index contributed by atoms with van der Waals surface area (Å²) in [6.45, 7) is 7.48. The number of hydrogen-bond acceptors (Lipinski definition) is 6. The van der Waals surface area contributed by atoms with Crippen LogP contribution >= 0.6 is 0 Å². The number of nitrogens with one attached hydrogen (secondary N) is 1. The van der Waals surface area contributed by atoms with Crippen LogP contribution in [0.25, 0.3) is 22.3 Å². The highest BCUT2D eigenvalue weighted by Gasteiger charge is 2.52. The first-order valence-electron chi connectivity index (χ1n) is 12.6. The lowest BCUT2D eigenvalue weighted by atomic mass is 9.98. The number of nitrogens with zero attached hydrogens (tertiary/aromatic N) is 5. The van der Waals surface area contributed by atoms with E-state index in [9.17, 15) is 9.59 Å². The van der Waals surface area contributed by atoms with Gasteiger partial charge in [0.1, 0.15) is 23.7 Å². The molecule has 9 nitrogen and oxygen atoms in total. The van der Waals surface area contributed by atoms with Crippen LogP contribution < -0.4 is 5.32 Å². The number of likely N-dealkylation sites (tertiary alicyclic amines) is 1. The number of piperidine rings is 1. The summed E-state index contributed by atoms with van der Waals surface area (Å²) in [7, 11) is 1.95. The second-order valence-electron chi connectivity index (χ2n) is 10.7. The maximum atomic E-state index is 12.3. The predicted molar refractivity (Wildman–Crippen MR) is 140 cm³/mol. The molecule has 2 amide bonds. The third-order valence-electron chi connectivity index (χ3n) is 6.74. The number of hydrogen-bond donors (Lipinski definition) is 1. The van der Waals surface area contributed by atoms with Crippen LogP contribution in [0.5, 0.6) is 0 Å². The Balaban J connectivity index is 0.000000175. The molecule has 1 N–H and O–H groups in total. The smallest absolute Gasteiger partial charge is 0.411 e. The molecule has 3 aromatic rings. The SMILES string of the molecule is CC(C)(C)OC(=O)N1C2CCC(C2)C1C(=O)NCC#N.Cc1ccc(-c2cnc3c(c2)ncn3C)cc1. The second kappa shape index (κ2) is 10.6. The van der Waals surface area contributed by atoms with Crippen molar-refractivity contribution in [3.63, 3.8) is 0 Å². The maximum absolute atomic E-state index is 12.3. The van der Waals surface area contributed by atoms with Gasteiger partial charge >= 0.3 is 6.09 Å². The Bertz CT molecular complexity index is 1320. The molecule has 194 valence electrons. The van der Waals surface area contributed by atoms with Crippen molar-refractivity contribution < 1.29 is 14.3 Å². The van der Waals surface area contributed by atoms with Gasteiger partial charge in [-0.1, -0.05) is 29.8 Å². The summed E-state index contributed by atoms with van der Waals surface area (Å²) >= 11 is 0. The fraction of sp³-hybridized carbons (Fsp3) is 0.464. The average Bonchev–Trinajstić information content (AvgIpc) is 3.57. The van der Waals surface area contributed by atoms with E-state index < -0.39 is 17.7 Å². The number of aryl methyl sites for hydroxylation is 2. The lowest BCUT2D eigenvalue weighted by Gasteiger charge is -2.35. The van der Waals surface area contributed by atoms with Gasteiger partial charge in [-0.05, 0) is 64.5 Å². The van der Waals surface area contributed by atoms with E-state index in [-0.39, 0.29) is 24.4 Å². The number of ether oxygens (including phenoxy) is 1. The average molecular weight is 503 g/mol. The van der Waals surface area contributed by atoms with Crippen LogP contribution in [0, 0.1) is 24.2 Å². The number of benzene rings is 1. The maximum Gasteiger partial charge on any atom is 0.411 e. The minimum Gasteiger partial charge on any atom is -0.444 e. The standard InChI is InChI=1S/C14H21N3O3.C14H13N3/c1-14(2,3)20-13(19)17-10-5-4-9(8-10)11(17)12(18)16-7-6-15;1-10-3-5-11(6-4-10)12-7-13-14(15-8-12)17(2)9-16-13/h9-11H,4-5,7-8H2,1-3H3,(H,16,18);3-9H,1-2H3. The number of nitriles is 1. The molecule has 1 aliphatic heterocycles. The Hall–Kier alpha value is -3.93. The molecule has 37 heavy (non-hydrogen) atoms. The number of carbonyl (C=O) groups excluding carboxylic acids is 2. The van der Waals surface area contributed by atoms with E-state index in [0.29, 0.717) is 0 Å². The molecule has 0 radical (unpaired) electrons. The Labute approximate surface area is 217 Å². The Kier molecular flexibility index (Phi) is 7.48. The minimum atomic E-state index is -0.577. The minimum absolute atomic E-state index is 0.0329. The number of pyridine rings is 1. The molecule has 0 spiro atoms. The molecule has 1 aromatic carbocycles. The van der Waals surface area contributed by atoms with Crippen LogP contribution in [-0.2, 0) is 16.6 Å². The third-order valence-corrected chi connectivity index (χ3v) is 6.74. The molecule has 3 atom stereocenters. The van der Waals surface area contributed by atoms with Crippen LogP contribution in [0.2, 0.25) is 0 Å². The lowest BCUT2D eigenvalue weighted by molar-refractivity contribution is -0.127. The Morgan fingerprint density at radius 3 is 2.57 bits per heavy atom. The van der Waals surface area contributed by atoms with E-state index in [0.717, 1.165) is 36.0 Å². The zero-order valence-electron chi connectivity index (χ0n) is 22.1. The number of amides is 2. The molecule has 2 bridgehead atoms. The summed E-state index contributed by atoms with van der Waals surface area (Å²) in [4.78, 5) is 34.8. The fourth-order valence-electron chi connectivity index (χ4n) is 5.05. The topological polar surface area (TPSA) is 113 Å². The Morgan fingerprint density at radius 1 is 1.16 bits per heavy atom. The van der Waals surface area contributed by atoms with Gasteiger partial charge in [-0.25, -0.2) is 14.8 Å². The van der Waals surface area contributed by atoms with Gasteiger partial charge in [0.05, 0.1) is 12.4 Å². The molecule has 1 saturated carbocycles. The first kappa shape index (κ1) is 26.1. The molecule has 3 heterocycles. The van der Waals surface area contributed by atoms with Gasteiger partial charge in [0.2, 0.25) is 5.91 Å². The number of imidazole rings is 1. The Morgan fingerprint density at radius 2 is 1.89 bits per heavy atom. The molecule has 3 unspecified atom stereocenters. The van der Waals surface area contributed by atoms with Crippen LogP contribution in [0.4, 0.5) is 4.79 Å². The van der Waals surface area contributed by atoms with Gasteiger partial charge in [0.25, 0.3) is 0 Å². The quantitative estimate of drug-likeness (QED) is 0.533. The van der Waals surface area contributed by atoms with E-state index >= 15 is 0 Å². The summed E-state index contributed by atoms with van der Waals surface area (Å²) in [6.07, 6.45) is 5.98. The molecule has 2 aromatic heterocycles. The first-order valence-corrected chi connectivity index (χ1v) is 12.6. The zero-order chi connectivity index (χ0) is 26.7. The summed E-state index contributed by atoms with van der Waals surface area (Å²) in [5, 5.41) is 11.1. The summed E-state index contributed by atoms with van der Waals surface area (Å²) in [6, 6.07) is 12.0. The number of rotatable bonds is 3. The zero-order valence-corrected chi connectivity index (χ0v) is 22.1. The third kappa shape index (κ3) is 5.91. The molecule has 2 fully saturated rings. The van der Waals surface area contributed by atoms with Crippen LogP contribution in [0.1, 0.15) is 45.6 Å². The highest BCUT2D eigenvalue weighted by Crippen LogP contribution is 2.43. The van der Waals surface area contributed by atoms with Crippen molar-refractivity contribution >= 4 is 23.2 Å². The van der Waals surface area contributed by atoms with Crippen molar-refractivity contribution in [1.82, 2.24) is 24.8 Å². The molecular formula is C28H34N6O3. The van der Waals surface area contributed by atoms with Gasteiger partial charge in [-0.2, -0.15) is 5.26 Å². The van der Waals surface area contributed by atoms with Crippen molar-refractivity contribution in [2.45, 2.75) is 64.6 Å². The van der Waals surface area contributed by atoms with Crippen molar-refractivity contribution in [1.29, 1.82) is 5.26 Å². The van der Waals surface area contributed by atoms with E-state index in [1.807, 2.05) is 44.7 Å². The molecule has 1 saturated heterocycles. The highest BCUT2D eigenvalue weighted by molar-refractivity contribution is 5.87. The van der Waals surface area contributed by atoms with E-state index in [2.05, 4.69) is 52.5 Å². The lowest BCUT2D eigenvalue weighted by Crippen LogP contribution is -2.53. The van der Waals surface area contributed by atoms with Gasteiger partial charge in [0.15, 0.2) is 5.65 Å². The molecule has 2 aliphatic rings. The van der Waals surface area contributed by atoms with Crippen LogP contribution in [-0.4, -0.2) is 55.7 Å². The van der Waals surface area contributed by atoms with Gasteiger partial charge in [0, 0.05) is 24.8 Å². The number of carbonyl (C=O) groups is 2. The summed E-state index contributed by atoms with van der Waals surface area (Å²) < 4.78 is 7.33. The van der Waals surface area contributed by atoms with Crippen LogP contribution in [0.3, 0.4) is 0 Å². The van der Waals surface area contributed by atoms with Gasteiger partial charge in [-0.15, -0.1) is 0 Å². The molecule has 5 rings (SSSR count). The fourth-order valence-corrected chi connectivity index (χ4v) is 5.05. The molecular weight excluding hydrogens is 468 g/mol. The van der Waals surface area contributed by atoms with E-state index in [1.165, 1.54) is 11.1 Å². The van der Waals surface area contributed by atoms with Crippen molar-refractivity contribution in [3.8, 4) is 17.2 Å². The van der Waals surface area contributed by atoms with Crippen molar-refractivity contribution in [2.24, 2.45) is 13.0 Å². The number of aromatic nitrogens is 3. The normalized spacial score (nSPS) is 20.2. The first-order chi connectivity index (χ1) is 17.6. The van der Waals surface area contributed by atoms with E-state index in [4.69, 9.17) is 10.00 Å². The van der Waals surface area contributed by atoms with Gasteiger partial charge in [-0.3, -0.25) is 9.69 Å². The molecule has 9 heteroatoms. The summed E-state index contributed by atoms with van der Waals surface area (Å²) in [5.41, 5.74) is 4.82. The predicted octanol–water partition coefficient (Wildman–Crippen LogP) is 4.36. The monoisotopic (exact) mass is 502 g/mol. The van der Waals surface area contributed by atoms with Crippen molar-refractivity contribution in [2.75, 3.05) is 6.54 Å². The van der Waals surface area contributed by atoms with Crippen molar-refractivity contribution in [3.05, 3.63) is 48.4 Å².